The zero-order valence-corrected chi connectivity index (χ0v) is 10.2. The second kappa shape index (κ2) is 5.62. The summed E-state index contributed by atoms with van der Waals surface area (Å²) in [7, 11) is 0.954. The Balaban J connectivity index is 2.92. The molecule has 20 heavy (non-hydrogen) atoms. The number of aromatic nitrogens is 4. The van der Waals surface area contributed by atoms with Crippen molar-refractivity contribution in [2.75, 3.05) is 0 Å². The van der Waals surface area contributed by atoms with Gasteiger partial charge >= 0.3 is 5.69 Å². The van der Waals surface area contributed by atoms with Gasteiger partial charge in [0.1, 0.15) is 0 Å². The highest BCUT2D eigenvalue weighted by Crippen LogP contribution is 2.04. The highest BCUT2D eigenvalue weighted by Gasteiger charge is 2.14. The fraction of sp³-hybridized carbons (Fsp3) is 0.615. The third kappa shape index (κ3) is 2.53. The van der Waals surface area contributed by atoms with Crippen molar-refractivity contribution in [1.82, 2.24) is 18.7 Å². The summed E-state index contributed by atoms with van der Waals surface area (Å²) in [5, 5.41) is 9.87. The largest absolute Gasteiger partial charge is 0.393 e. The minimum absolute atomic E-state index is 0.318. The molecule has 0 saturated carbocycles. The molecule has 0 fully saturated rings. The van der Waals surface area contributed by atoms with E-state index in [4.69, 9.17) is 19.2 Å². The highest BCUT2D eigenvalue weighted by atomic mass is 16.3. The van der Waals surface area contributed by atoms with Crippen molar-refractivity contribution in [3.8, 4) is 0 Å². The van der Waals surface area contributed by atoms with Crippen molar-refractivity contribution in [1.29, 1.82) is 0 Å². The SMILES string of the molecule is [2H]C([2H])([2H])C(O)C([2H])([2H])C([2H])([2H])C([2H])([2H])C([2H])([2H])n1c(=O)c2c(ncn2C([2H])([2H])[2H])n(C)c1=O. The minimum Gasteiger partial charge on any atom is -0.393 e. The van der Waals surface area contributed by atoms with Crippen LogP contribution in [0, 0.1) is 0 Å². The molecule has 2 heterocycles. The summed E-state index contributed by atoms with van der Waals surface area (Å²) in [5.74, 6) is 0. The Morgan fingerprint density at radius 3 is 3.00 bits per heavy atom. The molecule has 2 aromatic rings. The number of hydrogen-bond acceptors (Lipinski definition) is 4. The average molecular weight is 294 g/mol. The van der Waals surface area contributed by atoms with Crippen molar-refractivity contribution < 1.29 is 24.3 Å². The van der Waals surface area contributed by atoms with Gasteiger partial charge in [-0.2, -0.15) is 0 Å². The van der Waals surface area contributed by atoms with Crippen molar-refractivity contribution in [3.63, 3.8) is 0 Å². The molecule has 0 amide bonds. The van der Waals surface area contributed by atoms with Gasteiger partial charge in [-0.3, -0.25) is 13.9 Å². The number of aliphatic hydroxyl groups excluding tert-OH is 1. The molecular weight excluding hydrogens is 260 g/mol. The van der Waals surface area contributed by atoms with Crippen LogP contribution in [0.25, 0.3) is 11.2 Å². The van der Waals surface area contributed by atoms with Crippen molar-refractivity contribution >= 4 is 11.2 Å². The monoisotopic (exact) mass is 294 g/mol. The molecule has 1 atom stereocenters. The van der Waals surface area contributed by atoms with Gasteiger partial charge in [0.15, 0.2) is 11.2 Å². The molecule has 110 valence electrons. The first-order valence-corrected chi connectivity index (χ1v) is 5.25. The lowest BCUT2D eigenvalue weighted by Gasteiger charge is -2.09. The Hall–Kier alpha value is -1.89. The highest BCUT2D eigenvalue weighted by molar-refractivity contribution is 5.69. The van der Waals surface area contributed by atoms with Crippen molar-refractivity contribution in [3.05, 3.63) is 27.2 Å². The van der Waals surface area contributed by atoms with E-state index in [0.29, 0.717) is 15.5 Å². The summed E-state index contributed by atoms with van der Waals surface area (Å²) in [5.41, 5.74) is -4.66. The van der Waals surface area contributed by atoms with Gasteiger partial charge in [-0.15, -0.1) is 0 Å². The van der Waals surface area contributed by atoms with Crippen LogP contribution in [0.1, 0.15) is 45.2 Å². The van der Waals surface area contributed by atoms with Crippen LogP contribution in [-0.4, -0.2) is 29.9 Å². The topological polar surface area (TPSA) is 82.1 Å². The molecule has 0 spiro atoms. The smallest absolute Gasteiger partial charge is 0.332 e. The molecule has 7 heteroatoms. The van der Waals surface area contributed by atoms with E-state index in [1.165, 1.54) is 0 Å². The molecule has 0 aliphatic carbocycles. The summed E-state index contributed by atoms with van der Waals surface area (Å²) in [6.45, 7) is -10.6. The molecule has 0 aliphatic rings. The number of aryl methyl sites for hydroxylation is 2. The predicted octanol–water partition coefficient (Wildman–Crippen LogP) is -0.0152. The van der Waals surface area contributed by atoms with Crippen LogP contribution in [0.2, 0.25) is 0 Å². The van der Waals surface area contributed by atoms with Gasteiger partial charge < -0.3 is 9.67 Å². The van der Waals surface area contributed by atoms with Crippen LogP contribution in [-0.2, 0) is 20.5 Å². The van der Waals surface area contributed by atoms with E-state index in [9.17, 15) is 14.7 Å². The number of nitrogens with zero attached hydrogens (tertiary/aromatic N) is 4. The first-order valence-electron chi connectivity index (χ1n) is 12.2. The quantitative estimate of drug-likeness (QED) is 0.840. The molecular formula is C13H20N4O3. The lowest BCUT2D eigenvalue weighted by Crippen LogP contribution is -2.39. The summed E-state index contributed by atoms with van der Waals surface area (Å²) in [6, 6.07) is 0. The van der Waals surface area contributed by atoms with E-state index < -0.39 is 72.5 Å². The predicted molar refractivity (Wildman–Crippen MR) is 75.7 cm³/mol. The molecule has 0 radical (unpaired) electrons. The maximum atomic E-state index is 13.1. The summed E-state index contributed by atoms with van der Waals surface area (Å²) in [4.78, 5) is 29.5. The second-order valence-corrected chi connectivity index (χ2v) is 3.68. The second-order valence-electron chi connectivity index (χ2n) is 3.68. The maximum Gasteiger partial charge on any atom is 0.332 e. The summed E-state index contributed by atoms with van der Waals surface area (Å²) < 4.78 is 108. The standard InChI is InChI=1S/C13H20N4O3/c1-9(18)6-4-5-7-17-12(19)10-11(14-8-15(10)2)16(3)13(17)20/h8-9,18H,4-7H2,1-3H3/i1D3,2D3,4D2,5D2,6D2,7D2. The van der Waals surface area contributed by atoms with Gasteiger partial charge in [0.2, 0.25) is 0 Å². The molecule has 7 nitrogen and oxygen atoms in total. The normalized spacial score (nSPS) is 27.5. The zero-order valence-electron chi connectivity index (χ0n) is 24.2. The van der Waals surface area contributed by atoms with E-state index in [2.05, 4.69) is 4.98 Å². The Labute approximate surface area is 135 Å². The van der Waals surface area contributed by atoms with Gasteiger partial charge in [-0.25, -0.2) is 9.78 Å². The van der Waals surface area contributed by atoms with Crippen LogP contribution in [0.3, 0.4) is 0 Å². The first-order chi connectivity index (χ1) is 14.9. The van der Waals surface area contributed by atoms with Gasteiger partial charge in [0.25, 0.3) is 5.56 Å². The van der Waals surface area contributed by atoms with Gasteiger partial charge in [0.05, 0.1) is 15.2 Å². The molecule has 1 unspecified atom stereocenters. The maximum absolute atomic E-state index is 13.1. The van der Waals surface area contributed by atoms with E-state index >= 15 is 0 Å². The Kier molecular flexibility index (Phi) is 1.36. The summed E-state index contributed by atoms with van der Waals surface area (Å²) >= 11 is 0. The van der Waals surface area contributed by atoms with Crippen molar-refractivity contribution in [2.45, 2.75) is 38.6 Å². The number of aliphatic hydroxyl groups is 1. The fourth-order valence-electron chi connectivity index (χ4n) is 1.50. The molecule has 0 bridgehead atoms. The molecule has 0 aliphatic heterocycles. The van der Waals surface area contributed by atoms with Gasteiger partial charge in [-0.1, -0.05) is 0 Å². The number of imidazole rings is 1. The fourth-order valence-corrected chi connectivity index (χ4v) is 1.50. The van der Waals surface area contributed by atoms with E-state index in [-0.39, 0.29) is 0 Å². The summed E-state index contributed by atoms with van der Waals surface area (Å²) in [6.07, 6.45) is -14.8. The van der Waals surface area contributed by atoms with Crippen molar-refractivity contribution in [2.24, 2.45) is 14.0 Å². The lowest BCUT2D eigenvalue weighted by atomic mass is 10.2. The van der Waals surface area contributed by atoms with Crippen LogP contribution in [0.4, 0.5) is 0 Å². The molecule has 2 rings (SSSR count). The lowest BCUT2D eigenvalue weighted by molar-refractivity contribution is 0.180. The Morgan fingerprint density at radius 2 is 2.30 bits per heavy atom. The number of fused-ring (bicyclic) bond motifs is 1. The third-order valence-electron chi connectivity index (χ3n) is 2.39. The zero-order chi connectivity index (χ0) is 27.0. The van der Waals surface area contributed by atoms with E-state index in [1.54, 1.807) is 0 Å². The molecule has 1 N–H and O–H groups in total. The van der Waals surface area contributed by atoms with E-state index in [0.717, 1.165) is 7.05 Å². The van der Waals surface area contributed by atoms with Gasteiger partial charge in [-0.05, 0) is 26.0 Å². The third-order valence-corrected chi connectivity index (χ3v) is 2.39. The number of rotatable bonds is 5. The molecule has 2 aromatic heterocycles. The first kappa shape index (κ1) is 4.84. The molecule has 0 saturated heterocycles. The van der Waals surface area contributed by atoms with Crippen LogP contribution in [0.5, 0.6) is 0 Å². The van der Waals surface area contributed by atoms with Gasteiger partial charge in [0, 0.05) is 37.0 Å². The molecule has 0 aromatic carbocycles. The van der Waals surface area contributed by atoms with E-state index in [1.807, 2.05) is 0 Å². The van der Waals surface area contributed by atoms with Crippen LogP contribution >= 0.6 is 0 Å². The Bertz CT molecular complexity index is 1220. The van der Waals surface area contributed by atoms with Crippen LogP contribution < -0.4 is 11.2 Å². The Morgan fingerprint density at radius 1 is 1.50 bits per heavy atom. The average Bonchev–Trinajstić information content (AvgIpc) is 3.10. The van der Waals surface area contributed by atoms with Crippen LogP contribution in [0.15, 0.2) is 15.9 Å². The minimum atomic E-state index is -4.19. The number of hydrogen-bond donors (Lipinski definition) is 1.